The van der Waals surface area contributed by atoms with Gasteiger partial charge in [-0.25, -0.2) is 14.4 Å². The van der Waals surface area contributed by atoms with Crippen LogP contribution in [0.2, 0.25) is 0 Å². The summed E-state index contributed by atoms with van der Waals surface area (Å²) in [6, 6.07) is 9.48. The molecule has 0 atom stereocenters. The number of benzene rings is 1. The van der Waals surface area contributed by atoms with Crippen LogP contribution in [0.15, 0.2) is 30.3 Å². The molecule has 84 valence electrons. The van der Waals surface area contributed by atoms with Crippen LogP contribution in [0.3, 0.4) is 0 Å². The van der Waals surface area contributed by atoms with Gasteiger partial charge in [-0.15, -0.1) is 0 Å². The number of aryl methyl sites for hydroxylation is 1. The van der Waals surface area contributed by atoms with E-state index in [1.54, 1.807) is 25.1 Å². The first kappa shape index (κ1) is 11.0. The van der Waals surface area contributed by atoms with Crippen LogP contribution in [0, 0.1) is 24.1 Å². The summed E-state index contributed by atoms with van der Waals surface area (Å²) in [4.78, 5) is 8.08. The standard InChI is InChI=1S/C12H9FN4/c1-8-5-11(7-14)17-12(15-8)16-10-4-2-3-9(13)6-10/h2-6H,1H3,(H,15,16,17). The number of halogens is 1. The summed E-state index contributed by atoms with van der Waals surface area (Å²) in [5.74, 6) is -0.0599. The van der Waals surface area contributed by atoms with E-state index in [9.17, 15) is 4.39 Å². The predicted octanol–water partition coefficient (Wildman–Crippen LogP) is 2.54. The van der Waals surface area contributed by atoms with Gasteiger partial charge in [0.15, 0.2) is 0 Å². The molecule has 0 unspecified atom stereocenters. The molecular weight excluding hydrogens is 219 g/mol. The van der Waals surface area contributed by atoms with Gasteiger partial charge in [0.05, 0.1) is 0 Å². The third-order valence-electron chi connectivity index (χ3n) is 2.05. The molecule has 1 aromatic carbocycles. The SMILES string of the molecule is Cc1cc(C#N)nc(Nc2cccc(F)c2)n1. The molecule has 0 aliphatic rings. The monoisotopic (exact) mass is 228 g/mol. The van der Waals surface area contributed by atoms with Gasteiger partial charge < -0.3 is 5.32 Å². The van der Waals surface area contributed by atoms with E-state index in [-0.39, 0.29) is 17.5 Å². The minimum absolute atomic E-state index is 0.274. The van der Waals surface area contributed by atoms with Crippen molar-refractivity contribution in [3.63, 3.8) is 0 Å². The molecule has 2 rings (SSSR count). The molecule has 4 nitrogen and oxygen atoms in total. The minimum Gasteiger partial charge on any atom is -0.324 e. The van der Waals surface area contributed by atoms with Crippen molar-refractivity contribution in [3.05, 3.63) is 47.5 Å². The number of aromatic nitrogens is 2. The molecule has 1 aromatic heterocycles. The van der Waals surface area contributed by atoms with E-state index in [4.69, 9.17) is 5.26 Å². The number of nitriles is 1. The molecule has 0 saturated heterocycles. The fraction of sp³-hybridized carbons (Fsp3) is 0.0833. The van der Waals surface area contributed by atoms with E-state index in [0.717, 1.165) is 0 Å². The van der Waals surface area contributed by atoms with Gasteiger partial charge in [0.1, 0.15) is 17.6 Å². The van der Waals surface area contributed by atoms with Gasteiger partial charge in [-0.1, -0.05) is 6.07 Å². The van der Waals surface area contributed by atoms with Crippen molar-refractivity contribution >= 4 is 11.6 Å². The number of nitrogens with zero attached hydrogens (tertiary/aromatic N) is 3. The van der Waals surface area contributed by atoms with Crippen molar-refractivity contribution in [2.45, 2.75) is 6.92 Å². The Kier molecular flexibility index (Phi) is 2.97. The molecule has 0 fully saturated rings. The highest BCUT2D eigenvalue weighted by atomic mass is 19.1. The zero-order chi connectivity index (χ0) is 12.3. The van der Waals surface area contributed by atoms with Crippen molar-refractivity contribution in [2.75, 3.05) is 5.32 Å². The molecule has 1 heterocycles. The second-order valence-corrected chi connectivity index (χ2v) is 3.47. The van der Waals surface area contributed by atoms with Crippen molar-refractivity contribution in [2.24, 2.45) is 0 Å². The first-order valence-electron chi connectivity index (χ1n) is 4.96. The van der Waals surface area contributed by atoms with Gasteiger partial charge in [-0.2, -0.15) is 5.26 Å². The van der Waals surface area contributed by atoms with Gasteiger partial charge in [0, 0.05) is 11.4 Å². The Bertz CT molecular complexity index is 589. The number of anilines is 2. The van der Waals surface area contributed by atoms with Crippen LogP contribution in [-0.2, 0) is 0 Å². The number of hydrogen-bond acceptors (Lipinski definition) is 4. The van der Waals surface area contributed by atoms with Gasteiger partial charge in [0.25, 0.3) is 0 Å². The third-order valence-corrected chi connectivity index (χ3v) is 2.05. The summed E-state index contributed by atoms with van der Waals surface area (Å²) < 4.78 is 13.0. The van der Waals surface area contributed by atoms with Crippen molar-refractivity contribution in [3.8, 4) is 6.07 Å². The van der Waals surface area contributed by atoms with E-state index >= 15 is 0 Å². The molecule has 0 amide bonds. The predicted molar refractivity (Wildman–Crippen MR) is 61.2 cm³/mol. The third kappa shape index (κ3) is 2.75. The topological polar surface area (TPSA) is 61.6 Å². The van der Waals surface area contributed by atoms with E-state index in [1.165, 1.54) is 12.1 Å². The van der Waals surface area contributed by atoms with Crippen LogP contribution in [0.25, 0.3) is 0 Å². The van der Waals surface area contributed by atoms with Gasteiger partial charge >= 0.3 is 0 Å². The highest BCUT2D eigenvalue weighted by Crippen LogP contribution is 2.14. The molecule has 0 bridgehead atoms. The normalized spacial score (nSPS) is 9.71. The Morgan fingerprint density at radius 2 is 2.12 bits per heavy atom. The maximum absolute atomic E-state index is 13.0. The second kappa shape index (κ2) is 4.58. The summed E-state index contributed by atoms with van der Waals surface area (Å²) in [5.41, 5.74) is 1.49. The number of rotatable bonds is 2. The lowest BCUT2D eigenvalue weighted by Gasteiger charge is -2.05. The summed E-state index contributed by atoms with van der Waals surface area (Å²) in [6.07, 6.45) is 0. The van der Waals surface area contributed by atoms with Crippen LogP contribution in [0.5, 0.6) is 0 Å². The van der Waals surface area contributed by atoms with Crippen molar-refractivity contribution < 1.29 is 4.39 Å². The maximum Gasteiger partial charge on any atom is 0.228 e. The lowest BCUT2D eigenvalue weighted by Crippen LogP contribution is -2.00. The smallest absolute Gasteiger partial charge is 0.228 e. The average Bonchev–Trinajstić information content (AvgIpc) is 2.28. The number of nitrogens with one attached hydrogen (secondary N) is 1. The summed E-state index contributed by atoms with van der Waals surface area (Å²) in [7, 11) is 0. The number of hydrogen-bond donors (Lipinski definition) is 1. The average molecular weight is 228 g/mol. The quantitative estimate of drug-likeness (QED) is 0.857. The van der Waals surface area contributed by atoms with Gasteiger partial charge in [0.2, 0.25) is 5.95 Å². The van der Waals surface area contributed by atoms with Crippen LogP contribution in [-0.4, -0.2) is 9.97 Å². The Balaban J connectivity index is 2.30. The molecule has 1 N–H and O–H groups in total. The van der Waals surface area contributed by atoms with Crippen molar-refractivity contribution in [1.82, 2.24) is 9.97 Å². The molecule has 5 heteroatoms. The zero-order valence-corrected chi connectivity index (χ0v) is 9.11. The molecule has 0 saturated carbocycles. The fourth-order valence-corrected chi connectivity index (χ4v) is 1.38. The first-order valence-corrected chi connectivity index (χ1v) is 4.96. The summed E-state index contributed by atoms with van der Waals surface area (Å²) in [5, 5.41) is 11.6. The van der Waals surface area contributed by atoms with Crippen molar-refractivity contribution in [1.29, 1.82) is 5.26 Å². The summed E-state index contributed by atoms with van der Waals surface area (Å²) >= 11 is 0. The van der Waals surface area contributed by atoms with E-state index < -0.39 is 0 Å². The van der Waals surface area contributed by atoms with Gasteiger partial charge in [-0.05, 0) is 31.2 Å². The second-order valence-electron chi connectivity index (χ2n) is 3.47. The Morgan fingerprint density at radius 3 is 2.82 bits per heavy atom. The molecule has 2 aromatic rings. The molecule has 0 radical (unpaired) electrons. The highest BCUT2D eigenvalue weighted by Gasteiger charge is 2.02. The molecule has 0 spiro atoms. The first-order chi connectivity index (χ1) is 8.17. The van der Waals surface area contributed by atoms with Gasteiger partial charge in [-0.3, -0.25) is 0 Å². The lowest BCUT2D eigenvalue weighted by atomic mass is 10.3. The minimum atomic E-state index is -0.344. The van der Waals surface area contributed by atoms with E-state index in [1.807, 2.05) is 6.07 Å². The highest BCUT2D eigenvalue weighted by molar-refractivity contribution is 5.53. The Labute approximate surface area is 97.8 Å². The molecule has 0 aliphatic heterocycles. The Hall–Kier alpha value is -2.48. The van der Waals surface area contributed by atoms with E-state index in [2.05, 4.69) is 15.3 Å². The maximum atomic E-state index is 13.0. The molecule has 0 aliphatic carbocycles. The van der Waals surface area contributed by atoms with Crippen LogP contribution < -0.4 is 5.32 Å². The fourth-order valence-electron chi connectivity index (χ4n) is 1.38. The van der Waals surface area contributed by atoms with Crippen LogP contribution in [0.4, 0.5) is 16.0 Å². The lowest BCUT2D eigenvalue weighted by molar-refractivity contribution is 0.628. The zero-order valence-electron chi connectivity index (χ0n) is 9.11. The largest absolute Gasteiger partial charge is 0.324 e. The van der Waals surface area contributed by atoms with Crippen LogP contribution in [0.1, 0.15) is 11.4 Å². The van der Waals surface area contributed by atoms with Crippen LogP contribution >= 0.6 is 0 Å². The Morgan fingerprint density at radius 1 is 1.29 bits per heavy atom. The summed E-state index contributed by atoms with van der Waals surface area (Å²) in [6.45, 7) is 1.76. The molecular formula is C12H9FN4. The molecule has 17 heavy (non-hydrogen) atoms. The van der Waals surface area contributed by atoms with E-state index in [0.29, 0.717) is 11.4 Å².